The van der Waals surface area contributed by atoms with Gasteiger partial charge >= 0.3 is 0 Å². The van der Waals surface area contributed by atoms with Gasteiger partial charge in [0.25, 0.3) is 5.91 Å². The van der Waals surface area contributed by atoms with Crippen molar-refractivity contribution in [3.8, 4) is 0 Å². The number of hydrogen-bond donors (Lipinski definition) is 0. The monoisotopic (exact) mass is 383 g/mol. The highest BCUT2D eigenvalue weighted by Crippen LogP contribution is 2.34. The third-order valence-corrected chi connectivity index (χ3v) is 6.25. The minimum absolute atomic E-state index is 0.0571. The standard InChI is InChI=1S/C20H25N5OS/c1-13(2)16-6-5-7-17-18(16)22-20(27-17)24-8-9-25(14(3)11-24)19(26)15-10-21-23(4)12-15/h5-7,10,12-14H,8-9,11H2,1-4H3. The summed E-state index contributed by atoms with van der Waals surface area (Å²) in [5.74, 6) is 0.512. The van der Waals surface area contributed by atoms with Crippen molar-refractivity contribution < 1.29 is 4.79 Å². The van der Waals surface area contributed by atoms with Gasteiger partial charge in [0, 0.05) is 38.9 Å². The molecule has 142 valence electrons. The number of para-hydroxylation sites is 1. The number of rotatable bonds is 3. The molecule has 0 radical (unpaired) electrons. The zero-order valence-electron chi connectivity index (χ0n) is 16.2. The van der Waals surface area contributed by atoms with E-state index in [2.05, 4.69) is 49.0 Å². The van der Waals surface area contributed by atoms with Gasteiger partial charge in [0.15, 0.2) is 5.13 Å². The summed E-state index contributed by atoms with van der Waals surface area (Å²) < 4.78 is 2.90. The van der Waals surface area contributed by atoms with Crippen LogP contribution in [0.5, 0.6) is 0 Å². The number of benzene rings is 1. The summed E-state index contributed by atoms with van der Waals surface area (Å²) in [6.45, 7) is 8.81. The number of fused-ring (bicyclic) bond motifs is 1. The number of aromatic nitrogens is 3. The van der Waals surface area contributed by atoms with Crippen LogP contribution >= 0.6 is 11.3 Å². The van der Waals surface area contributed by atoms with Crippen LogP contribution in [0, 0.1) is 0 Å². The van der Waals surface area contributed by atoms with Gasteiger partial charge in [0.2, 0.25) is 0 Å². The molecule has 1 saturated heterocycles. The number of carbonyl (C=O) groups is 1. The fourth-order valence-electron chi connectivity index (χ4n) is 3.69. The second kappa shape index (κ2) is 6.96. The molecule has 0 N–H and O–H groups in total. The van der Waals surface area contributed by atoms with E-state index in [0.29, 0.717) is 18.0 Å². The first-order valence-electron chi connectivity index (χ1n) is 9.38. The van der Waals surface area contributed by atoms with Crippen LogP contribution in [0.4, 0.5) is 5.13 Å². The van der Waals surface area contributed by atoms with E-state index < -0.39 is 0 Å². The predicted molar refractivity (Wildman–Crippen MR) is 110 cm³/mol. The van der Waals surface area contributed by atoms with E-state index in [0.717, 1.165) is 23.7 Å². The van der Waals surface area contributed by atoms with Crippen LogP contribution in [0.15, 0.2) is 30.6 Å². The normalized spacial score (nSPS) is 17.9. The van der Waals surface area contributed by atoms with Gasteiger partial charge < -0.3 is 9.80 Å². The zero-order valence-corrected chi connectivity index (χ0v) is 17.0. The largest absolute Gasteiger partial charge is 0.344 e. The number of aryl methyl sites for hydroxylation is 1. The lowest BCUT2D eigenvalue weighted by molar-refractivity contribution is 0.0674. The number of anilines is 1. The quantitative estimate of drug-likeness (QED) is 0.695. The van der Waals surface area contributed by atoms with Crippen LogP contribution in [-0.2, 0) is 7.05 Å². The predicted octanol–water partition coefficient (Wildman–Crippen LogP) is 3.50. The third kappa shape index (κ3) is 3.32. The number of amides is 1. The van der Waals surface area contributed by atoms with Gasteiger partial charge in [-0.15, -0.1) is 0 Å². The maximum absolute atomic E-state index is 12.8. The first kappa shape index (κ1) is 18.0. The maximum atomic E-state index is 12.8. The summed E-state index contributed by atoms with van der Waals surface area (Å²) >= 11 is 1.74. The lowest BCUT2D eigenvalue weighted by Crippen LogP contribution is -2.54. The Morgan fingerprint density at radius 3 is 2.78 bits per heavy atom. The topological polar surface area (TPSA) is 54.3 Å². The van der Waals surface area contributed by atoms with Crippen LogP contribution in [0.3, 0.4) is 0 Å². The molecular weight excluding hydrogens is 358 g/mol. The Hall–Kier alpha value is -2.41. The van der Waals surface area contributed by atoms with Gasteiger partial charge in [0.1, 0.15) is 0 Å². The number of carbonyl (C=O) groups excluding carboxylic acids is 1. The van der Waals surface area contributed by atoms with Gasteiger partial charge in [-0.2, -0.15) is 5.10 Å². The Balaban J connectivity index is 1.54. The summed E-state index contributed by atoms with van der Waals surface area (Å²) in [7, 11) is 1.83. The van der Waals surface area contributed by atoms with Crippen molar-refractivity contribution in [1.82, 2.24) is 19.7 Å². The molecule has 0 saturated carbocycles. The van der Waals surface area contributed by atoms with E-state index in [9.17, 15) is 4.79 Å². The molecule has 1 aliphatic rings. The SMILES string of the molecule is CC(C)c1cccc2sc(N3CCN(C(=O)c4cnn(C)c4)C(C)C3)nc12. The minimum Gasteiger partial charge on any atom is -0.344 e. The molecule has 1 aromatic carbocycles. The molecule has 3 aromatic rings. The summed E-state index contributed by atoms with van der Waals surface area (Å²) in [5, 5.41) is 5.17. The van der Waals surface area contributed by atoms with Crippen molar-refractivity contribution in [1.29, 1.82) is 0 Å². The molecule has 7 heteroatoms. The van der Waals surface area contributed by atoms with E-state index in [1.165, 1.54) is 10.3 Å². The number of nitrogens with zero attached hydrogens (tertiary/aromatic N) is 5. The van der Waals surface area contributed by atoms with Crippen LogP contribution in [0.25, 0.3) is 10.2 Å². The Bertz CT molecular complexity index is 976. The zero-order chi connectivity index (χ0) is 19.1. The molecule has 4 rings (SSSR count). The molecule has 0 aliphatic carbocycles. The first-order valence-corrected chi connectivity index (χ1v) is 10.2. The number of piperazine rings is 1. The maximum Gasteiger partial charge on any atom is 0.257 e. The summed E-state index contributed by atoms with van der Waals surface area (Å²) in [5.41, 5.74) is 3.07. The molecule has 1 fully saturated rings. The lowest BCUT2D eigenvalue weighted by atomic mass is 10.0. The van der Waals surface area contributed by atoms with Crippen LogP contribution in [0.2, 0.25) is 0 Å². The Morgan fingerprint density at radius 2 is 2.11 bits per heavy atom. The van der Waals surface area contributed by atoms with Crippen molar-refractivity contribution in [2.24, 2.45) is 7.05 Å². The van der Waals surface area contributed by atoms with E-state index in [1.807, 2.05) is 11.9 Å². The Morgan fingerprint density at radius 1 is 1.30 bits per heavy atom. The third-order valence-electron chi connectivity index (χ3n) is 5.17. The highest BCUT2D eigenvalue weighted by Gasteiger charge is 2.30. The van der Waals surface area contributed by atoms with E-state index in [-0.39, 0.29) is 11.9 Å². The van der Waals surface area contributed by atoms with Crippen molar-refractivity contribution >= 4 is 32.6 Å². The van der Waals surface area contributed by atoms with Gasteiger partial charge in [-0.05, 0) is 24.5 Å². The average Bonchev–Trinajstić information content (AvgIpc) is 3.26. The Kier molecular flexibility index (Phi) is 4.63. The Labute approximate surface area is 163 Å². The molecule has 27 heavy (non-hydrogen) atoms. The molecule has 0 spiro atoms. The van der Waals surface area contributed by atoms with Gasteiger partial charge in [-0.25, -0.2) is 4.98 Å². The highest BCUT2D eigenvalue weighted by atomic mass is 32.1. The van der Waals surface area contributed by atoms with Crippen LogP contribution < -0.4 is 4.90 Å². The van der Waals surface area contributed by atoms with E-state index in [4.69, 9.17) is 4.98 Å². The molecule has 6 nitrogen and oxygen atoms in total. The van der Waals surface area contributed by atoms with Crippen molar-refractivity contribution in [3.05, 3.63) is 41.7 Å². The van der Waals surface area contributed by atoms with Gasteiger partial charge in [-0.1, -0.05) is 37.3 Å². The van der Waals surface area contributed by atoms with Crippen molar-refractivity contribution in [3.63, 3.8) is 0 Å². The second-order valence-electron chi connectivity index (χ2n) is 7.54. The fraction of sp³-hybridized carbons (Fsp3) is 0.450. The van der Waals surface area contributed by atoms with Crippen molar-refractivity contribution in [2.45, 2.75) is 32.7 Å². The molecule has 1 aliphatic heterocycles. The molecule has 2 aromatic heterocycles. The van der Waals surface area contributed by atoms with Crippen LogP contribution in [0.1, 0.15) is 42.6 Å². The van der Waals surface area contributed by atoms with Gasteiger partial charge in [-0.3, -0.25) is 9.48 Å². The summed E-state index contributed by atoms with van der Waals surface area (Å²) in [6.07, 6.45) is 3.42. The molecule has 1 atom stereocenters. The second-order valence-corrected chi connectivity index (χ2v) is 8.55. The molecule has 3 heterocycles. The molecular formula is C20H25N5OS. The molecule has 0 bridgehead atoms. The fourth-order valence-corrected chi connectivity index (χ4v) is 4.73. The minimum atomic E-state index is 0.0571. The lowest BCUT2D eigenvalue weighted by Gasteiger charge is -2.39. The summed E-state index contributed by atoms with van der Waals surface area (Å²) in [6, 6.07) is 6.56. The van der Waals surface area contributed by atoms with Crippen LogP contribution in [-0.4, -0.2) is 51.2 Å². The summed E-state index contributed by atoms with van der Waals surface area (Å²) in [4.78, 5) is 22.0. The smallest absolute Gasteiger partial charge is 0.257 e. The number of hydrogen-bond acceptors (Lipinski definition) is 5. The number of thiazole rings is 1. The van der Waals surface area contributed by atoms with Crippen molar-refractivity contribution in [2.75, 3.05) is 24.5 Å². The van der Waals surface area contributed by atoms with Gasteiger partial charge in [0.05, 0.1) is 22.0 Å². The molecule has 1 unspecified atom stereocenters. The first-order chi connectivity index (χ1) is 12.9. The van der Waals surface area contributed by atoms with E-state index in [1.54, 1.807) is 28.4 Å². The molecule has 1 amide bonds. The highest BCUT2D eigenvalue weighted by molar-refractivity contribution is 7.22. The average molecular weight is 384 g/mol. The van der Waals surface area contributed by atoms with E-state index >= 15 is 0 Å².